The van der Waals surface area contributed by atoms with Crippen molar-refractivity contribution in [2.45, 2.75) is 12.6 Å². The Morgan fingerprint density at radius 2 is 1.55 bits per heavy atom. The Labute approximate surface area is 182 Å². The second-order valence-electron chi connectivity index (χ2n) is 6.42. The van der Waals surface area contributed by atoms with E-state index in [1.54, 1.807) is 24.4 Å². The molecule has 0 atom stereocenters. The number of phenolic OH excluding ortho intramolecular Hbond substituents is 1. The summed E-state index contributed by atoms with van der Waals surface area (Å²) in [6, 6.07) is 6.49. The van der Waals surface area contributed by atoms with E-state index in [0.29, 0.717) is 34.4 Å². The smallest absolute Gasteiger partial charge is 0.422 e. The van der Waals surface area contributed by atoms with Crippen molar-refractivity contribution in [1.82, 2.24) is 4.98 Å². The summed E-state index contributed by atoms with van der Waals surface area (Å²) >= 11 is 0. The second kappa shape index (κ2) is 9.82. The van der Waals surface area contributed by atoms with Gasteiger partial charge in [-0.3, -0.25) is 4.98 Å². The molecule has 1 N–H and O–H groups in total. The van der Waals surface area contributed by atoms with Crippen LogP contribution in [0.3, 0.4) is 0 Å². The summed E-state index contributed by atoms with van der Waals surface area (Å²) in [5, 5.41) is 11.3. The van der Waals surface area contributed by atoms with E-state index in [0.717, 1.165) is 11.1 Å². The van der Waals surface area contributed by atoms with Gasteiger partial charge in [-0.15, -0.1) is 12.4 Å². The average Bonchev–Trinajstić information content (AvgIpc) is 2.72. The van der Waals surface area contributed by atoms with Gasteiger partial charge in [-0.1, -0.05) is 6.07 Å². The molecule has 1 heterocycles. The van der Waals surface area contributed by atoms with Crippen LogP contribution in [0.4, 0.5) is 13.2 Å². The van der Waals surface area contributed by atoms with Gasteiger partial charge in [-0.25, -0.2) is 0 Å². The number of rotatable bonds is 7. The molecule has 2 aromatic carbocycles. The van der Waals surface area contributed by atoms with Gasteiger partial charge in [0.05, 0.1) is 21.3 Å². The number of aromatic hydroxyl groups is 1. The standard InChI is InChI=1S/C21H20F3NO5.ClH/c1-27-17-7-12(8-18(28-2)20(17)29-3)6-13-9-25-10-15-14(13)4-5-16(19(15)26)30-11-21(22,23)24;/h4-5,7-10,26H,6,11H2,1-3H3;1H. The summed E-state index contributed by atoms with van der Waals surface area (Å²) in [6.07, 6.45) is -1.10. The first-order valence-electron chi connectivity index (χ1n) is 8.84. The third-order valence-corrected chi connectivity index (χ3v) is 4.47. The Kier molecular flexibility index (Phi) is 7.67. The highest BCUT2D eigenvalue weighted by Gasteiger charge is 2.29. The van der Waals surface area contributed by atoms with Gasteiger partial charge < -0.3 is 24.1 Å². The maximum absolute atomic E-state index is 12.4. The van der Waals surface area contributed by atoms with Gasteiger partial charge in [0.25, 0.3) is 0 Å². The molecule has 1 aromatic heterocycles. The fourth-order valence-corrected chi connectivity index (χ4v) is 3.14. The van der Waals surface area contributed by atoms with Gasteiger partial charge in [0.2, 0.25) is 5.75 Å². The number of phenols is 1. The number of alkyl halides is 3. The molecule has 0 saturated carbocycles. The van der Waals surface area contributed by atoms with Crippen LogP contribution >= 0.6 is 12.4 Å². The highest BCUT2D eigenvalue weighted by molar-refractivity contribution is 5.92. The molecule has 0 bridgehead atoms. The molecule has 0 radical (unpaired) electrons. The largest absolute Gasteiger partial charge is 0.504 e. The summed E-state index contributed by atoms with van der Waals surface area (Å²) in [7, 11) is 4.54. The van der Waals surface area contributed by atoms with Crippen molar-refractivity contribution in [3.63, 3.8) is 0 Å². The SMILES string of the molecule is COc1cc(Cc2cncc3c(O)c(OCC(F)(F)F)ccc23)cc(OC)c1OC.Cl. The first-order valence-corrected chi connectivity index (χ1v) is 8.84. The van der Waals surface area contributed by atoms with E-state index in [2.05, 4.69) is 4.98 Å². The molecular weight excluding hydrogens is 439 g/mol. The molecule has 3 rings (SSSR count). The molecule has 6 nitrogen and oxygen atoms in total. The zero-order valence-electron chi connectivity index (χ0n) is 16.9. The number of nitrogens with zero attached hydrogens (tertiary/aromatic N) is 1. The van der Waals surface area contributed by atoms with Crippen molar-refractivity contribution in [2.24, 2.45) is 0 Å². The van der Waals surface area contributed by atoms with E-state index in [9.17, 15) is 18.3 Å². The van der Waals surface area contributed by atoms with E-state index in [-0.39, 0.29) is 18.2 Å². The van der Waals surface area contributed by atoms with Crippen molar-refractivity contribution < 1.29 is 37.2 Å². The number of ether oxygens (including phenoxy) is 4. The molecule has 0 fully saturated rings. The van der Waals surface area contributed by atoms with Crippen LogP contribution in [0.1, 0.15) is 11.1 Å². The minimum absolute atomic E-state index is 0. The first-order chi connectivity index (χ1) is 14.3. The Morgan fingerprint density at radius 3 is 2.10 bits per heavy atom. The normalized spacial score (nSPS) is 11.0. The molecular formula is C21H21ClF3NO5. The van der Waals surface area contributed by atoms with Crippen LogP contribution in [0.15, 0.2) is 36.7 Å². The zero-order valence-corrected chi connectivity index (χ0v) is 17.8. The maximum atomic E-state index is 12.4. The van der Waals surface area contributed by atoms with Gasteiger partial charge in [0.15, 0.2) is 29.6 Å². The molecule has 0 aliphatic rings. The van der Waals surface area contributed by atoms with Gasteiger partial charge in [-0.2, -0.15) is 13.2 Å². The van der Waals surface area contributed by atoms with E-state index in [1.807, 2.05) is 0 Å². The lowest BCUT2D eigenvalue weighted by Gasteiger charge is -2.15. The molecule has 0 aliphatic heterocycles. The monoisotopic (exact) mass is 459 g/mol. The van der Waals surface area contributed by atoms with E-state index < -0.39 is 18.5 Å². The minimum Gasteiger partial charge on any atom is -0.504 e. The minimum atomic E-state index is -4.51. The summed E-state index contributed by atoms with van der Waals surface area (Å²) in [5.41, 5.74) is 1.58. The van der Waals surface area contributed by atoms with Crippen molar-refractivity contribution in [3.8, 4) is 28.7 Å². The van der Waals surface area contributed by atoms with Crippen LogP contribution in [0, 0.1) is 0 Å². The molecule has 31 heavy (non-hydrogen) atoms. The fourth-order valence-electron chi connectivity index (χ4n) is 3.14. The summed E-state index contributed by atoms with van der Waals surface area (Å²) < 4.78 is 58.0. The number of methoxy groups -OCH3 is 3. The Bertz CT molecular complexity index is 1030. The highest BCUT2D eigenvalue weighted by Crippen LogP contribution is 2.40. The second-order valence-corrected chi connectivity index (χ2v) is 6.42. The Hall–Kier alpha value is -3.07. The van der Waals surface area contributed by atoms with E-state index in [4.69, 9.17) is 18.9 Å². The van der Waals surface area contributed by atoms with Gasteiger partial charge >= 0.3 is 6.18 Å². The van der Waals surface area contributed by atoms with Crippen molar-refractivity contribution >= 4 is 23.2 Å². The van der Waals surface area contributed by atoms with Gasteiger partial charge in [-0.05, 0) is 41.1 Å². The molecule has 10 heteroatoms. The van der Waals surface area contributed by atoms with Crippen molar-refractivity contribution in [2.75, 3.05) is 27.9 Å². The molecule has 0 unspecified atom stereocenters. The first kappa shape index (κ1) is 24.2. The van der Waals surface area contributed by atoms with Crippen molar-refractivity contribution in [1.29, 1.82) is 0 Å². The predicted octanol–water partition coefficient (Wildman–Crippen LogP) is 4.92. The molecule has 0 saturated heterocycles. The third-order valence-electron chi connectivity index (χ3n) is 4.47. The molecule has 0 aliphatic carbocycles. The molecule has 168 valence electrons. The Balaban J connectivity index is 0.00000341. The average molecular weight is 460 g/mol. The van der Waals surface area contributed by atoms with Gasteiger partial charge in [0, 0.05) is 17.8 Å². The van der Waals surface area contributed by atoms with Crippen LogP contribution < -0.4 is 18.9 Å². The molecule has 3 aromatic rings. The number of benzene rings is 2. The van der Waals surface area contributed by atoms with E-state index >= 15 is 0 Å². The topological polar surface area (TPSA) is 70.0 Å². The highest BCUT2D eigenvalue weighted by atomic mass is 35.5. The number of hydrogen-bond acceptors (Lipinski definition) is 6. The molecule has 0 amide bonds. The van der Waals surface area contributed by atoms with Crippen LogP contribution in [0.25, 0.3) is 10.8 Å². The number of hydrogen-bond donors (Lipinski definition) is 1. The molecule has 0 spiro atoms. The van der Waals surface area contributed by atoms with Crippen molar-refractivity contribution in [3.05, 3.63) is 47.8 Å². The summed E-state index contributed by atoms with van der Waals surface area (Å²) in [6.45, 7) is -1.50. The fraction of sp³-hybridized carbons (Fsp3) is 0.286. The van der Waals surface area contributed by atoms with Crippen LogP contribution in [-0.2, 0) is 6.42 Å². The number of pyridine rings is 1. The number of aromatic nitrogens is 1. The third kappa shape index (κ3) is 5.35. The Morgan fingerprint density at radius 1 is 0.903 bits per heavy atom. The lowest BCUT2D eigenvalue weighted by Crippen LogP contribution is -2.19. The maximum Gasteiger partial charge on any atom is 0.422 e. The van der Waals surface area contributed by atoms with Crippen LogP contribution in [-0.4, -0.2) is 44.2 Å². The van der Waals surface area contributed by atoms with Gasteiger partial charge in [0.1, 0.15) is 0 Å². The lowest BCUT2D eigenvalue weighted by molar-refractivity contribution is -0.153. The number of halogens is 4. The zero-order chi connectivity index (χ0) is 21.9. The summed E-state index contributed by atoms with van der Waals surface area (Å²) in [5.74, 6) is 0.794. The quantitative estimate of drug-likeness (QED) is 0.541. The van der Waals surface area contributed by atoms with Crippen LogP contribution in [0.5, 0.6) is 28.7 Å². The summed E-state index contributed by atoms with van der Waals surface area (Å²) in [4.78, 5) is 4.11. The predicted molar refractivity (Wildman–Crippen MR) is 111 cm³/mol. The van der Waals surface area contributed by atoms with Crippen LogP contribution in [0.2, 0.25) is 0 Å². The number of fused-ring (bicyclic) bond motifs is 1. The van der Waals surface area contributed by atoms with E-state index in [1.165, 1.54) is 33.6 Å². The lowest BCUT2D eigenvalue weighted by atomic mass is 9.99.